The van der Waals surface area contributed by atoms with Crippen LogP contribution in [0.3, 0.4) is 0 Å². The van der Waals surface area contributed by atoms with Crippen molar-refractivity contribution in [2.24, 2.45) is 52.3 Å². The average Bonchev–Trinajstić information content (AvgIpc) is 3.05. The van der Waals surface area contributed by atoms with Crippen LogP contribution in [0.5, 0.6) is 0 Å². The topological polar surface area (TPSA) is 20.2 Å². The Bertz CT molecular complexity index is 748. The molecule has 0 aliphatic heterocycles. The van der Waals surface area contributed by atoms with Crippen LogP contribution in [0.15, 0.2) is 23.8 Å². The number of allylic oxidation sites excluding steroid dienone is 3. The first kappa shape index (κ1) is 27.5. The van der Waals surface area contributed by atoms with Crippen molar-refractivity contribution in [2.45, 2.75) is 138 Å². The molecule has 9 atom stereocenters. The predicted molar refractivity (Wildman–Crippen MR) is 151 cm³/mol. The Morgan fingerprint density at radius 3 is 2.46 bits per heavy atom. The largest absolute Gasteiger partial charge is 0.393 e. The minimum absolute atomic E-state index is 0.0964. The molecule has 0 bridgehead atoms. The summed E-state index contributed by atoms with van der Waals surface area (Å²) in [5.74, 6) is 5.64. The summed E-state index contributed by atoms with van der Waals surface area (Å²) >= 11 is 0. The molecule has 4 aliphatic carbocycles. The number of hydrogen-bond acceptors (Lipinski definition) is 1. The summed E-state index contributed by atoms with van der Waals surface area (Å²) in [7, 11) is 0. The van der Waals surface area contributed by atoms with Gasteiger partial charge in [-0.3, -0.25) is 0 Å². The number of aliphatic hydroxyl groups is 1. The molecule has 0 aromatic rings. The number of aliphatic hydroxyl groups excluding tert-OH is 1. The molecule has 4 rings (SSSR count). The first-order chi connectivity index (χ1) is 16.7. The quantitative estimate of drug-likeness (QED) is 0.387. The van der Waals surface area contributed by atoms with Gasteiger partial charge in [-0.25, -0.2) is 0 Å². The summed E-state index contributed by atoms with van der Waals surface area (Å²) in [6.07, 6.45) is 26.3. The van der Waals surface area contributed by atoms with E-state index >= 15 is 0 Å². The Morgan fingerprint density at radius 2 is 1.71 bits per heavy atom. The van der Waals surface area contributed by atoms with Crippen molar-refractivity contribution in [1.29, 1.82) is 0 Å². The first-order valence-electron chi connectivity index (χ1n) is 15.7. The van der Waals surface area contributed by atoms with Crippen molar-refractivity contribution in [3.8, 4) is 0 Å². The molecule has 1 heteroatoms. The lowest BCUT2D eigenvalue weighted by Gasteiger charge is -2.53. The van der Waals surface area contributed by atoms with Gasteiger partial charge < -0.3 is 5.11 Å². The van der Waals surface area contributed by atoms with Gasteiger partial charge in [-0.05, 0) is 123 Å². The van der Waals surface area contributed by atoms with Crippen LogP contribution in [0.2, 0.25) is 0 Å². The standard InChI is InChI=1S/C34H58O/c1-7-26(24(2)3)18-17-25(4)27-12-10-16-31-30-14-11-13-28-22-29(35)19-21-34(28,6)32(30)15-8-9-20-33(31,5)23-27/h13,17-18,24-27,29-32,35H,7-12,14-16,19-23H2,1-6H3/b18-17+/t25-,26-,27+,29+,30+,31+,32+,33-,34+/m1/s1. The van der Waals surface area contributed by atoms with E-state index in [1.165, 1.54) is 77.0 Å². The average molecular weight is 483 g/mol. The molecule has 1 N–H and O–H groups in total. The lowest BCUT2D eigenvalue weighted by Crippen LogP contribution is -2.45. The molecule has 200 valence electrons. The minimum Gasteiger partial charge on any atom is -0.393 e. The summed E-state index contributed by atoms with van der Waals surface area (Å²) in [5, 5.41) is 10.5. The second kappa shape index (κ2) is 11.4. The lowest BCUT2D eigenvalue weighted by atomic mass is 9.52. The van der Waals surface area contributed by atoms with Crippen molar-refractivity contribution < 1.29 is 5.11 Å². The minimum atomic E-state index is -0.0964. The van der Waals surface area contributed by atoms with Crippen LogP contribution in [0, 0.1) is 52.3 Å². The number of fused-ring (bicyclic) bond motifs is 5. The zero-order chi connectivity index (χ0) is 25.2. The molecule has 0 saturated heterocycles. The van der Waals surface area contributed by atoms with Crippen molar-refractivity contribution in [3.63, 3.8) is 0 Å². The van der Waals surface area contributed by atoms with Crippen LogP contribution in [-0.2, 0) is 0 Å². The molecule has 0 spiro atoms. The highest BCUT2D eigenvalue weighted by Gasteiger charge is 2.51. The molecule has 3 fully saturated rings. The zero-order valence-electron chi connectivity index (χ0n) is 24.2. The van der Waals surface area contributed by atoms with Crippen molar-refractivity contribution in [2.75, 3.05) is 0 Å². The fraction of sp³-hybridized carbons (Fsp3) is 0.882. The van der Waals surface area contributed by atoms with Crippen molar-refractivity contribution >= 4 is 0 Å². The van der Waals surface area contributed by atoms with Gasteiger partial charge in [-0.1, -0.05) is 84.6 Å². The maximum atomic E-state index is 10.5. The SMILES string of the molecule is CC[C@H](/C=C/[C@@H](C)[C@H]1CCC[C@H]2[C@@H]3CCC=C4C[C@@H](O)CC[C@]4(C)[C@H]3CCCC[C@]2(C)C1)C(C)C. The lowest BCUT2D eigenvalue weighted by molar-refractivity contribution is -0.0185. The van der Waals surface area contributed by atoms with E-state index in [1.807, 2.05) is 0 Å². The summed E-state index contributed by atoms with van der Waals surface area (Å²) in [6.45, 7) is 15.0. The smallest absolute Gasteiger partial charge is 0.0577 e. The normalized spacial score (nSPS) is 42.5. The summed E-state index contributed by atoms with van der Waals surface area (Å²) in [4.78, 5) is 0. The van der Waals surface area contributed by atoms with Gasteiger partial charge in [0.05, 0.1) is 6.10 Å². The molecule has 4 aliphatic rings. The molecule has 0 aromatic carbocycles. The molecule has 3 saturated carbocycles. The molecule has 35 heavy (non-hydrogen) atoms. The van der Waals surface area contributed by atoms with Gasteiger partial charge in [-0.15, -0.1) is 0 Å². The van der Waals surface area contributed by atoms with Gasteiger partial charge in [0.1, 0.15) is 0 Å². The Morgan fingerprint density at radius 1 is 0.943 bits per heavy atom. The maximum absolute atomic E-state index is 10.5. The second-order valence-electron chi connectivity index (χ2n) is 14.4. The first-order valence-corrected chi connectivity index (χ1v) is 15.7. The fourth-order valence-corrected chi connectivity index (χ4v) is 9.56. The highest BCUT2D eigenvalue weighted by molar-refractivity contribution is 5.22. The van der Waals surface area contributed by atoms with Crippen LogP contribution in [0.25, 0.3) is 0 Å². The molecule has 0 aromatic heterocycles. The van der Waals surface area contributed by atoms with Crippen molar-refractivity contribution in [3.05, 3.63) is 23.8 Å². The van der Waals surface area contributed by atoms with E-state index in [4.69, 9.17) is 0 Å². The predicted octanol–water partition coefficient (Wildman–Crippen LogP) is 9.75. The summed E-state index contributed by atoms with van der Waals surface area (Å²) in [6, 6.07) is 0. The third-order valence-corrected chi connectivity index (χ3v) is 11.9. The van der Waals surface area contributed by atoms with Crippen LogP contribution in [0.4, 0.5) is 0 Å². The van der Waals surface area contributed by atoms with E-state index in [1.54, 1.807) is 5.57 Å². The summed E-state index contributed by atoms with van der Waals surface area (Å²) < 4.78 is 0. The van der Waals surface area contributed by atoms with E-state index in [9.17, 15) is 5.11 Å². The maximum Gasteiger partial charge on any atom is 0.0577 e. The van der Waals surface area contributed by atoms with Gasteiger partial charge in [-0.2, -0.15) is 0 Å². The Balaban J connectivity index is 1.56. The third-order valence-electron chi connectivity index (χ3n) is 11.9. The molecule has 0 amide bonds. The molecule has 1 nitrogen and oxygen atoms in total. The molecule has 0 unspecified atom stereocenters. The van der Waals surface area contributed by atoms with Gasteiger partial charge >= 0.3 is 0 Å². The molecular formula is C34H58O. The zero-order valence-corrected chi connectivity index (χ0v) is 24.2. The Labute approximate surface area is 218 Å². The van der Waals surface area contributed by atoms with Gasteiger partial charge in [0.25, 0.3) is 0 Å². The van der Waals surface area contributed by atoms with Crippen LogP contribution in [0.1, 0.15) is 131 Å². The third kappa shape index (κ3) is 5.81. The van der Waals surface area contributed by atoms with Crippen LogP contribution >= 0.6 is 0 Å². The van der Waals surface area contributed by atoms with E-state index in [2.05, 4.69) is 59.8 Å². The highest BCUT2D eigenvalue weighted by Crippen LogP contribution is 2.61. The van der Waals surface area contributed by atoms with Gasteiger partial charge in [0.2, 0.25) is 0 Å². The van der Waals surface area contributed by atoms with E-state index in [-0.39, 0.29) is 6.10 Å². The Kier molecular flexibility index (Phi) is 8.99. The number of rotatable bonds is 5. The van der Waals surface area contributed by atoms with Gasteiger partial charge in [0, 0.05) is 0 Å². The van der Waals surface area contributed by atoms with Crippen molar-refractivity contribution in [1.82, 2.24) is 0 Å². The van der Waals surface area contributed by atoms with Crippen LogP contribution in [-0.4, -0.2) is 11.2 Å². The fourth-order valence-electron chi connectivity index (χ4n) is 9.56. The Hall–Kier alpha value is -0.560. The second-order valence-corrected chi connectivity index (χ2v) is 14.4. The summed E-state index contributed by atoms with van der Waals surface area (Å²) in [5.41, 5.74) is 2.47. The van der Waals surface area contributed by atoms with Crippen LogP contribution < -0.4 is 0 Å². The van der Waals surface area contributed by atoms with E-state index in [0.29, 0.717) is 16.7 Å². The monoisotopic (exact) mass is 482 g/mol. The molecule has 0 radical (unpaired) electrons. The number of hydrogen-bond donors (Lipinski definition) is 1. The van der Waals surface area contributed by atoms with E-state index < -0.39 is 0 Å². The molecular weight excluding hydrogens is 424 g/mol. The van der Waals surface area contributed by atoms with Gasteiger partial charge in [0.15, 0.2) is 0 Å². The molecule has 0 heterocycles. The van der Waals surface area contributed by atoms with E-state index in [0.717, 1.165) is 48.3 Å². The highest BCUT2D eigenvalue weighted by atomic mass is 16.3.